The second-order valence-corrected chi connectivity index (χ2v) is 6.85. The van der Waals surface area contributed by atoms with E-state index >= 15 is 0 Å². The van der Waals surface area contributed by atoms with Gasteiger partial charge in [-0.2, -0.15) is 0 Å². The van der Waals surface area contributed by atoms with Gasteiger partial charge in [-0.3, -0.25) is 9.79 Å². The number of carbonyl (C=O) groups excluding carboxylic acids is 1. The second kappa shape index (κ2) is 7.25. The number of hydrogen-bond acceptors (Lipinski definition) is 3. The van der Waals surface area contributed by atoms with Gasteiger partial charge in [0, 0.05) is 22.6 Å². The van der Waals surface area contributed by atoms with Gasteiger partial charge in [-0.25, -0.2) is 0 Å². The molecule has 1 atom stereocenters. The van der Waals surface area contributed by atoms with E-state index in [0.29, 0.717) is 22.8 Å². The van der Waals surface area contributed by atoms with Gasteiger partial charge in [0.2, 0.25) is 5.91 Å². The largest absolute Gasteiger partial charge is 0.508 e. The van der Waals surface area contributed by atoms with E-state index < -0.39 is 6.04 Å². The Labute approximate surface area is 162 Å². The first-order valence-corrected chi connectivity index (χ1v) is 9.00. The zero-order valence-corrected chi connectivity index (χ0v) is 15.1. The fourth-order valence-corrected chi connectivity index (χ4v) is 3.32. The third-order valence-electron chi connectivity index (χ3n) is 4.49. The molecule has 0 spiro atoms. The molecule has 0 radical (unpaired) electrons. The van der Waals surface area contributed by atoms with Crippen molar-refractivity contribution in [2.75, 3.05) is 5.32 Å². The summed E-state index contributed by atoms with van der Waals surface area (Å²) in [6.07, 6.45) is 0.496. The van der Waals surface area contributed by atoms with Crippen LogP contribution < -0.4 is 5.32 Å². The highest BCUT2D eigenvalue weighted by molar-refractivity contribution is 6.32. The maximum absolute atomic E-state index is 12.8. The van der Waals surface area contributed by atoms with Crippen LogP contribution >= 0.6 is 11.6 Å². The summed E-state index contributed by atoms with van der Waals surface area (Å²) in [6.45, 7) is 0. The number of benzodiazepines with no additional fused rings is 1. The lowest BCUT2D eigenvalue weighted by Gasteiger charge is -2.11. The molecule has 3 aromatic carbocycles. The third-order valence-corrected chi connectivity index (χ3v) is 4.73. The summed E-state index contributed by atoms with van der Waals surface area (Å²) in [5.41, 5.74) is 3.96. The van der Waals surface area contributed by atoms with E-state index in [1.165, 1.54) is 0 Å². The van der Waals surface area contributed by atoms with Crippen LogP contribution in [0.4, 0.5) is 5.69 Å². The maximum atomic E-state index is 12.8. The number of fused-ring (bicyclic) bond motifs is 1. The number of aromatic hydroxyl groups is 1. The van der Waals surface area contributed by atoms with Gasteiger partial charge < -0.3 is 10.4 Å². The van der Waals surface area contributed by atoms with Crippen molar-refractivity contribution in [3.63, 3.8) is 0 Å². The second-order valence-electron chi connectivity index (χ2n) is 6.41. The third kappa shape index (κ3) is 3.71. The Kier molecular flexibility index (Phi) is 4.65. The number of benzene rings is 3. The molecule has 1 amide bonds. The first kappa shape index (κ1) is 17.3. The van der Waals surface area contributed by atoms with E-state index in [-0.39, 0.29) is 11.7 Å². The van der Waals surface area contributed by atoms with Crippen LogP contribution in [0, 0.1) is 0 Å². The molecule has 0 saturated carbocycles. The topological polar surface area (TPSA) is 61.7 Å². The average Bonchev–Trinajstić information content (AvgIpc) is 2.80. The van der Waals surface area contributed by atoms with E-state index in [9.17, 15) is 9.90 Å². The number of anilines is 1. The van der Waals surface area contributed by atoms with Gasteiger partial charge in [0.25, 0.3) is 0 Å². The van der Waals surface area contributed by atoms with Crippen LogP contribution in [-0.4, -0.2) is 22.8 Å². The Morgan fingerprint density at radius 2 is 1.74 bits per heavy atom. The monoisotopic (exact) mass is 376 g/mol. The number of nitrogens with zero attached hydrogens (tertiary/aromatic N) is 1. The molecule has 5 heteroatoms. The highest BCUT2D eigenvalue weighted by Gasteiger charge is 2.26. The molecule has 0 aromatic heterocycles. The highest BCUT2D eigenvalue weighted by atomic mass is 35.5. The van der Waals surface area contributed by atoms with E-state index in [1.54, 1.807) is 42.5 Å². The summed E-state index contributed by atoms with van der Waals surface area (Å²) < 4.78 is 0. The van der Waals surface area contributed by atoms with E-state index in [4.69, 9.17) is 16.6 Å². The Bertz CT molecular complexity index is 1010. The molecule has 0 aliphatic carbocycles. The molecule has 1 aliphatic heterocycles. The molecule has 0 fully saturated rings. The molecular weight excluding hydrogens is 360 g/mol. The van der Waals surface area contributed by atoms with Gasteiger partial charge >= 0.3 is 0 Å². The van der Waals surface area contributed by atoms with Gasteiger partial charge in [0.05, 0.1) is 11.4 Å². The lowest BCUT2D eigenvalue weighted by atomic mass is 10.00. The van der Waals surface area contributed by atoms with Crippen LogP contribution in [-0.2, 0) is 11.2 Å². The smallest absolute Gasteiger partial charge is 0.249 e. The molecule has 0 bridgehead atoms. The van der Waals surface area contributed by atoms with Crippen molar-refractivity contribution in [2.24, 2.45) is 4.99 Å². The normalized spacial score (nSPS) is 16.1. The number of amides is 1. The Hall–Kier alpha value is -3.11. The van der Waals surface area contributed by atoms with Crippen LogP contribution in [0.3, 0.4) is 0 Å². The van der Waals surface area contributed by atoms with Crippen molar-refractivity contribution < 1.29 is 9.90 Å². The molecule has 1 unspecified atom stereocenters. The van der Waals surface area contributed by atoms with Gasteiger partial charge in [0.1, 0.15) is 11.8 Å². The van der Waals surface area contributed by atoms with Crippen LogP contribution in [0.15, 0.2) is 77.8 Å². The van der Waals surface area contributed by atoms with Crippen LogP contribution in [0.25, 0.3) is 0 Å². The summed E-state index contributed by atoms with van der Waals surface area (Å²) in [7, 11) is 0. The number of carbonyl (C=O) groups is 1. The summed E-state index contributed by atoms with van der Waals surface area (Å²) >= 11 is 6.20. The molecule has 1 heterocycles. The van der Waals surface area contributed by atoms with Crippen molar-refractivity contribution >= 4 is 28.9 Å². The molecule has 2 N–H and O–H groups in total. The fraction of sp³-hybridized carbons (Fsp3) is 0.0909. The molecule has 3 aromatic rings. The van der Waals surface area contributed by atoms with E-state index in [0.717, 1.165) is 16.7 Å². The summed E-state index contributed by atoms with van der Waals surface area (Å²) in [6, 6.07) is 21.4. The molecule has 4 nitrogen and oxygen atoms in total. The summed E-state index contributed by atoms with van der Waals surface area (Å²) in [4.78, 5) is 17.6. The lowest BCUT2D eigenvalue weighted by Crippen LogP contribution is -2.27. The van der Waals surface area contributed by atoms with Crippen molar-refractivity contribution in [2.45, 2.75) is 12.5 Å². The zero-order valence-electron chi connectivity index (χ0n) is 14.4. The molecular formula is C22H17ClN2O2. The van der Waals surface area contributed by atoms with Gasteiger partial charge in [0.15, 0.2) is 0 Å². The van der Waals surface area contributed by atoms with Gasteiger partial charge in [-0.1, -0.05) is 41.9 Å². The van der Waals surface area contributed by atoms with E-state index in [1.807, 2.05) is 30.3 Å². The van der Waals surface area contributed by atoms with Crippen LogP contribution in [0.5, 0.6) is 5.75 Å². The predicted molar refractivity (Wildman–Crippen MR) is 108 cm³/mol. The zero-order chi connectivity index (χ0) is 18.8. The average molecular weight is 377 g/mol. The predicted octanol–water partition coefficient (Wildman–Crippen LogP) is 4.45. The number of phenolic OH excluding ortho intramolecular Hbond substituents is 1. The summed E-state index contributed by atoms with van der Waals surface area (Å²) in [5.74, 6) is 0.0190. The van der Waals surface area contributed by atoms with Gasteiger partial charge in [-0.15, -0.1) is 0 Å². The first-order valence-electron chi connectivity index (χ1n) is 8.62. The Balaban J connectivity index is 1.83. The lowest BCUT2D eigenvalue weighted by molar-refractivity contribution is -0.117. The minimum Gasteiger partial charge on any atom is -0.508 e. The van der Waals surface area contributed by atoms with Gasteiger partial charge in [-0.05, 0) is 48.0 Å². The number of rotatable bonds is 3. The number of nitrogens with one attached hydrogen (secondary N) is 1. The Morgan fingerprint density at radius 3 is 2.48 bits per heavy atom. The SMILES string of the molecule is O=C1Nc2ccc(Cl)cc2C(c2ccc(O)cc2)=NC1Cc1ccccc1. The number of halogens is 1. The van der Waals surface area contributed by atoms with Crippen molar-refractivity contribution in [1.29, 1.82) is 0 Å². The quantitative estimate of drug-likeness (QED) is 0.709. The number of phenols is 1. The van der Waals surface area contributed by atoms with Crippen LogP contribution in [0.1, 0.15) is 16.7 Å². The highest BCUT2D eigenvalue weighted by Crippen LogP contribution is 2.28. The maximum Gasteiger partial charge on any atom is 0.249 e. The summed E-state index contributed by atoms with van der Waals surface area (Å²) in [5, 5.41) is 13.1. The Morgan fingerprint density at radius 1 is 1.00 bits per heavy atom. The minimum absolute atomic E-state index is 0.156. The fourth-order valence-electron chi connectivity index (χ4n) is 3.15. The minimum atomic E-state index is -0.567. The standard InChI is InChI=1S/C22H17ClN2O2/c23-16-8-11-19-18(13-16)21(15-6-9-17(26)10-7-15)24-20(22(27)25-19)12-14-4-2-1-3-5-14/h1-11,13,20,26H,12H2,(H,25,27). The molecule has 0 saturated heterocycles. The first-order chi connectivity index (χ1) is 13.1. The van der Waals surface area contributed by atoms with Crippen molar-refractivity contribution in [1.82, 2.24) is 0 Å². The van der Waals surface area contributed by atoms with Crippen molar-refractivity contribution in [3.05, 3.63) is 94.5 Å². The molecule has 134 valence electrons. The molecule has 1 aliphatic rings. The number of aliphatic imine (C=N–C) groups is 1. The number of hydrogen-bond donors (Lipinski definition) is 2. The molecule has 4 rings (SSSR count). The molecule has 27 heavy (non-hydrogen) atoms. The van der Waals surface area contributed by atoms with Crippen molar-refractivity contribution in [3.8, 4) is 5.75 Å². The van der Waals surface area contributed by atoms with Crippen LogP contribution in [0.2, 0.25) is 5.02 Å². The van der Waals surface area contributed by atoms with E-state index in [2.05, 4.69) is 5.32 Å².